The van der Waals surface area contributed by atoms with Gasteiger partial charge in [-0.15, -0.1) is 0 Å². The normalized spacial score (nSPS) is 15.2. The third-order valence-corrected chi connectivity index (χ3v) is 3.02. The van der Waals surface area contributed by atoms with Gasteiger partial charge in [0.25, 0.3) is 0 Å². The maximum absolute atomic E-state index is 11.3. The lowest BCUT2D eigenvalue weighted by molar-refractivity contribution is -0.120. The number of carbonyl (C=O) groups excluding carboxylic acids is 1. The van der Waals surface area contributed by atoms with Crippen LogP contribution in [0.4, 0.5) is 0 Å². The molecule has 0 aliphatic rings. The molecule has 0 aliphatic carbocycles. The molecular formula is C13H29N3O. The molecule has 0 saturated heterocycles. The lowest BCUT2D eigenvalue weighted by atomic mass is 10.0. The predicted molar refractivity (Wildman–Crippen MR) is 72.8 cm³/mol. The van der Waals surface area contributed by atoms with Gasteiger partial charge in [-0.1, -0.05) is 20.8 Å². The zero-order chi connectivity index (χ0) is 13.4. The van der Waals surface area contributed by atoms with Crippen LogP contribution in [0, 0.1) is 5.92 Å². The number of rotatable bonds is 9. The van der Waals surface area contributed by atoms with Gasteiger partial charge in [0.15, 0.2) is 0 Å². The number of nitrogens with zero attached hydrogens (tertiary/aromatic N) is 1. The Kier molecular flexibility index (Phi) is 8.17. The van der Waals surface area contributed by atoms with Crippen molar-refractivity contribution in [2.24, 2.45) is 11.7 Å². The summed E-state index contributed by atoms with van der Waals surface area (Å²) in [6.45, 7) is 10.2. The van der Waals surface area contributed by atoms with Crippen molar-refractivity contribution in [1.29, 1.82) is 0 Å². The summed E-state index contributed by atoms with van der Waals surface area (Å²) in [4.78, 5) is 13.5. The lowest BCUT2D eigenvalue weighted by Crippen LogP contribution is -2.50. The van der Waals surface area contributed by atoms with Crippen LogP contribution in [0.2, 0.25) is 0 Å². The topological polar surface area (TPSA) is 58.4 Å². The van der Waals surface area contributed by atoms with Gasteiger partial charge in [-0.3, -0.25) is 4.79 Å². The Labute approximate surface area is 106 Å². The van der Waals surface area contributed by atoms with Gasteiger partial charge in [-0.05, 0) is 39.3 Å². The summed E-state index contributed by atoms with van der Waals surface area (Å²) in [5.41, 5.74) is 5.40. The molecule has 0 aromatic carbocycles. The van der Waals surface area contributed by atoms with Crippen molar-refractivity contribution in [3.63, 3.8) is 0 Å². The second kappa shape index (κ2) is 8.48. The van der Waals surface area contributed by atoms with Gasteiger partial charge in [-0.25, -0.2) is 0 Å². The summed E-state index contributed by atoms with van der Waals surface area (Å²) in [6, 6.07) is 0.231. The maximum Gasteiger partial charge on any atom is 0.235 e. The molecule has 17 heavy (non-hydrogen) atoms. The smallest absolute Gasteiger partial charge is 0.235 e. The van der Waals surface area contributed by atoms with Gasteiger partial charge >= 0.3 is 0 Å². The highest BCUT2D eigenvalue weighted by atomic mass is 16.1. The van der Waals surface area contributed by atoms with Crippen LogP contribution in [0.15, 0.2) is 0 Å². The van der Waals surface area contributed by atoms with E-state index in [1.54, 1.807) is 0 Å². The van der Waals surface area contributed by atoms with Crippen molar-refractivity contribution in [2.75, 3.05) is 20.1 Å². The van der Waals surface area contributed by atoms with E-state index in [2.05, 4.69) is 45.0 Å². The van der Waals surface area contributed by atoms with Gasteiger partial charge in [0.2, 0.25) is 5.91 Å². The monoisotopic (exact) mass is 243 g/mol. The average molecular weight is 243 g/mol. The molecule has 0 aliphatic heterocycles. The Morgan fingerprint density at radius 2 is 1.94 bits per heavy atom. The number of amides is 1. The molecular weight excluding hydrogens is 214 g/mol. The molecule has 0 fully saturated rings. The van der Waals surface area contributed by atoms with Crippen molar-refractivity contribution in [1.82, 2.24) is 10.2 Å². The van der Waals surface area contributed by atoms with Crippen LogP contribution >= 0.6 is 0 Å². The minimum atomic E-state index is -0.262. The summed E-state index contributed by atoms with van der Waals surface area (Å²) in [6.07, 6.45) is 2.14. The lowest BCUT2D eigenvalue weighted by Gasteiger charge is -2.29. The highest BCUT2D eigenvalue weighted by Gasteiger charge is 2.19. The SMILES string of the molecule is CCCNC(CN(C)C(C)CC(C)C)C(N)=O. The first-order valence-electron chi connectivity index (χ1n) is 6.61. The van der Waals surface area contributed by atoms with E-state index < -0.39 is 0 Å². The first kappa shape index (κ1) is 16.4. The molecule has 102 valence electrons. The molecule has 0 rings (SSSR count). The van der Waals surface area contributed by atoms with Crippen LogP contribution in [0.1, 0.15) is 40.5 Å². The van der Waals surface area contributed by atoms with Crippen molar-refractivity contribution >= 4 is 5.91 Å². The number of hydrogen-bond acceptors (Lipinski definition) is 3. The molecule has 0 aromatic heterocycles. The Hall–Kier alpha value is -0.610. The number of carbonyl (C=O) groups is 1. The zero-order valence-corrected chi connectivity index (χ0v) is 12.0. The van der Waals surface area contributed by atoms with Crippen molar-refractivity contribution in [3.8, 4) is 0 Å². The minimum Gasteiger partial charge on any atom is -0.368 e. The number of nitrogens with one attached hydrogen (secondary N) is 1. The van der Waals surface area contributed by atoms with E-state index in [0.29, 0.717) is 18.5 Å². The predicted octanol–water partition coefficient (Wildman–Crippen LogP) is 1.21. The Morgan fingerprint density at radius 1 is 1.35 bits per heavy atom. The van der Waals surface area contributed by atoms with E-state index in [1.807, 2.05) is 0 Å². The van der Waals surface area contributed by atoms with Crippen molar-refractivity contribution in [3.05, 3.63) is 0 Å². The van der Waals surface area contributed by atoms with E-state index in [0.717, 1.165) is 19.4 Å². The number of primary amides is 1. The summed E-state index contributed by atoms with van der Waals surface area (Å²) < 4.78 is 0. The molecule has 4 nitrogen and oxygen atoms in total. The van der Waals surface area contributed by atoms with Crippen molar-refractivity contribution in [2.45, 2.75) is 52.6 Å². The van der Waals surface area contributed by atoms with Crippen LogP contribution in [-0.4, -0.2) is 43.0 Å². The zero-order valence-electron chi connectivity index (χ0n) is 12.0. The quantitative estimate of drug-likeness (QED) is 0.640. The fourth-order valence-electron chi connectivity index (χ4n) is 1.90. The molecule has 3 N–H and O–H groups in total. The molecule has 1 amide bonds. The van der Waals surface area contributed by atoms with Gasteiger partial charge in [-0.2, -0.15) is 0 Å². The van der Waals surface area contributed by atoms with Crippen LogP contribution in [0.3, 0.4) is 0 Å². The standard InChI is InChI=1S/C13H29N3O/c1-6-7-15-12(13(14)17)9-16(5)11(4)8-10(2)3/h10-12,15H,6-9H2,1-5H3,(H2,14,17). The Bertz CT molecular complexity index is 219. The summed E-state index contributed by atoms with van der Waals surface area (Å²) in [7, 11) is 2.05. The molecule has 2 atom stereocenters. The molecule has 0 spiro atoms. The Morgan fingerprint density at radius 3 is 2.35 bits per heavy atom. The van der Waals surface area contributed by atoms with Crippen LogP contribution in [0.25, 0.3) is 0 Å². The van der Waals surface area contributed by atoms with Crippen molar-refractivity contribution < 1.29 is 4.79 Å². The largest absolute Gasteiger partial charge is 0.368 e. The average Bonchev–Trinajstić information content (AvgIpc) is 2.22. The molecule has 4 heteroatoms. The molecule has 0 bridgehead atoms. The fourth-order valence-corrected chi connectivity index (χ4v) is 1.90. The van der Waals surface area contributed by atoms with Crippen LogP contribution in [-0.2, 0) is 4.79 Å². The van der Waals surface area contributed by atoms with Gasteiger partial charge in [0, 0.05) is 12.6 Å². The molecule has 0 saturated carbocycles. The van der Waals surface area contributed by atoms with E-state index >= 15 is 0 Å². The number of nitrogens with two attached hydrogens (primary N) is 1. The highest BCUT2D eigenvalue weighted by molar-refractivity contribution is 5.80. The van der Waals surface area contributed by atoms with Crippen LogP contribution < -0.4 is 11.1 Å². The summed E-state index contributed by atoms with van der Waals surface area (Å²) in [5.74, 6) is 0.408. The highest BCUT2D eigenvalue weighted by Crippen LogP contribution is 2.09. The van der Waals surface area contributed by atoms with Crippen LogP contribution in [0.5, 0.6) is 0 Å². The van der Waals surface area contributed by atoms with E-state index in [4.69, 9.17) is 5.73 Å². The number of likely N-dealkylation sites (N-methyl/N-ethyl adjacent to an activating group) is 1. The Balaban J connectivity index is 4.19. The first-order valence-corrected chi connectivity index (χ1v) is 6.61. The molecule has 0 heterocycles. The third-order valence-electron chi connectivity index (χ3n) is 3.02. The molecule has 0 radical (unpaired) electrons. The second-order valence-corrected chi connectivity index (χ2v) is 5.33. The first-order chi connectivity index (χ1) is 7.88. The van der Waals surface area contributed by atoms with Gasteiger partial charge in [0.05, 0.1) is 6.04 Å². The minimum absolute atomic E-state index is 0.241. The fraction of sp³-hybridized carbons (Fsp3) is 0.923. The molecule has 0 aromatic rings. The van der Waals surface area contributed by atoms with E-state index in [-0.39, 0.29) is 11.9 Å². The maximum atomic E-state index is 11.3. The van der Waals surface area contributed by atoms with E-state index in [1.165, 1.54) is 0 Å². The van der Waals surface area contributed by atoms with Gasteiger partial charge in [0.1, 0.15) is 0 Å². The second-order valence-electron chi connectivity index (χ2n) is 5.33. The molecule has 2 unspecified atom stereocenters. The van der Waals surface area contributed by atoms with E-state index in [9.17, 15) is 4.79 Å². The van der Waals surface area contributed by atoms with Gasteiger partial charge < -0.3 is 16.0 Å². The summed E-state index contributed by atoms with van der Waals surface area (Å²) in [5, 5.41) is 3.19. The summed E-state index contributed by atoms with van der Waals surface area (Å²) >= 11 is 0. The number of hydrogen-bond donors (Lipinski definition) is 2. The third kappa shape index (κ3) is 7.34.